The van der Waals surface area contributed by atoms with Gasteiger partial charge in [0, 0.05) is 25.3 Å². The maximum atomic E-state index is 10.2. The molecule has 1 aromatic rings. The van der Waals surface area contributed by atoms with E-state index in [-0.39, 0.29) is 0 Å². The molecule has 0 aliphatic carbocycles. The molecular formula is C15H24N2O. The highest BCUT2D eigenvalue weighted by Crippen LogP contribution is 2.31. The molecule has 18 heavy (non-hydrogen) atoms. The summed E-state index contributed by atoms with van der Waals surface area (Å²) in [7, 11) is 0. The van der Waals surface area contributed by atoms with Crippen molar-refractivity contribution in [1.29, 1.82) is 0 Å². The molecule has 100 valence electrons. The summed E-state index contributed by atoms with van der Waals surface area (Å²) < 4.78 is 0. The predicted molar refractivity (Wildman–Crippen MR) is 76.1 cm³/mol. The highest BCUT2D eigenvalue weighted by atomic mass is 16.3. The first-order valence-corrected chi connectivity index (χ1v) is 6.70. The van der Waals surface area contributed by atoms with Crippen LogP contribution in [0.4, 0.5) is 5.69 Å². The molecule has 1 aliphatic heterocycles. The van der Waals surface area contributed by atoms with Crippen LogP contribution in [-0.4, -0.2) is 30.3 Å². The Morgan fingerprint density at radius 1 is 1.17 bits per heavy atom. The monoisotopic (exact) mass is 248 g/mol. The van der Waals surface area contributed by atoms with E-state index in [2.05, 4.69) is 37.8 Å². The molecule has 0 saturated carbocycles. The van der Waals surface area contributed by atoms with Gasteiger partial charge in [-0.25, -0.2) is 0 Å². The summed E-state index contributed by atoms with van der Waals surface area (Å²) in [5.74, 6) is 0. The van der Waals surface area contributed by atoms with Crippen LogP contribution >= 0.6 is 0 Å². The molecule has 0 amide bonds. The first-order chi connectivity index (χ1) is 8.45. The Kier molecular flexibility index (Phi) is 3.64. The normalized spacial score (nSPS) is 19.1. The number of aliphatic hydroxyl groups is 1. The SMILES string of the molecule is Cc1cc(C)c(N2CCC(O)(CN)CC2)c(C)c1. The van der Waals surface area contributed by atoms with Crippen molar-refractivity contribution in [3.63, 3.8) is 0 Å². The zero-order valence-corrected chi connectivity index (χ0v) is 11.7. The van der Waals surface area contributed by atoms with Gasteiger partial charge < -0.3 is 15.7 Å². The molecule has 3 N–H and O–H groups in total. The van der Waals surface area contributed by atoms with E-state index in [1.807, 2.05) is 0 Å². The first-order valence-electron chi connectivity index (χ1n) is 6.70. The Morgan fingerprint density at radius 2 is 1.67 bits per heavy atom. The molecule has 1 aliphatic rings. The Bertz CT molecular complexity index is 411. The molecule has 3 nitrogen and oxygen atoms in total. The predicted octanol–water partition coefficient (Wildman–Crippen LogP) is 1.90. The van der Waals surface area contributed by atoms with Crippen molar-refractivity contribution in [3.05, 3.63) is 28.8 Å². The van der Waals surface area contributed by atoms with E-state index in [4.69, 9.17) is 5.73 Å². The minimum absolute atomic E-state index is 0.368. The van der Waals surface area contributed by atoms with E-state index in [0.29, 0.717) is 6.54 Å². The Morgan fingerprint density at radius 3 is 2.11 bits per heavy atom. The summed E-state index contributed by atoms with van der Waals surface area (Å²) in [6.07, 6.45) is 1.52. The molecule has 0 radical (unpaired) electrons. The molecule has 0 aromatic heterocycles. The lowest BCUT2D eigenvalue weighted by atomic mass is 9.90. The quantitative estimate of drug-likeness (QED) is 0.840. The standard InChI is InChI=1S/C15H24N2O/c1-11-8-12(2)14(13(3)9-11)17-6-4-15(18,10-16)5-7-17/h8-9,18H,4-7,10,16H2,1-3H3. The van der Waals surface area contributed by atoms with Crippen molar-refractivity contribution < 1.29 is 5.11 Å². The number of nitrogens with two attached hydrogens (primary N) is 1. The summed E-state index contributed by atoms with van der Waals surface area (Å²) in [4.78, 5) is 2.38. The van der Waals surface area contributed by atoms with Crippen LogP contribution < -0.4 is 10.6 Å². The van der Waals surface area contributed by atoms with Gasteiger partial charge in [0.25, 0.3) is 0 Å². The van der Waals surface area contributed by atoms with Crippen LogP contribution in [0.5, 0.6) is 0 Å². The molecule has 2 rings (SSSR count). The van der Waals surface area contributed by atoms with E-state index in [9.17, 15) is 5.11 Å². The number of benzene rings is 1. The third kappa shape index (κ3) is 2.52. The summed E-state index contributed by atoms with van der Waals surface area (Å²) in [6.45, 7) is 8.61. The average Bonchev–Trinajstić information content (AvgIpc) is 2.30. The lowest BCUT2D eigenvalue weighted by molar-refractivity contribution is 0.0249. The maximum absolute atomic E-state index is 10.2. The highest BCUT2D eigenvalue weighted by Gasteiger charge is 2.31. The van der Waals surface area contributed by atoms with Crippen molar-refractivity contribution in [2.24, 2.45) is 5.73 Å². The van der Waals surface area contributed by atoms with Gasteiger partial charge >= 0.3 is 0 Å². The summed E-state index contributed by atoms with van der Waals surface area (Å²) in [5, 5.41) is 10.2. The van der Waals surface area contributed by atoms with Crippen LogP contribution in [0, 0.1) is 20.8 Å². The van der Waals surface area contributed by atoms with E-state index in [1.54, 1.807) is 0 Å². The molecule has 3 heteroatoms. The molecule has 0 bridgehead atoms. The van der Waals surface area contributed by atoms with Gasteiger partial charge in [-0.1, -0.05) is 17.7 Å². The second-order valence-electron chi connectivity index (χ2n) is 5.66. The van der Waals surface area contributed by atoms with Crippen LogP contribution in [0.3, 0.4) is 0 Å². The smallest absolute Gasteiger partial charge is 0.0803 e. The number of nitrogens with zero attached hydrogens (tertiary/aromatic N) is 1. The minimum atomic E-state index is -0.650. The molecule has 1 saturated heterocycles. The van der Waals surface area contributed by atoms with Gasteiger partial charge in [-0.2, -0.15) is 0 Å². The number of hydrogen-bond donors (Lipinski definition) is 2. The van der Waals surface area contributed by atoms with Crippen LogP contribution in [0.15, 0.2) is 12.1 Å². The van der Waals surface area contributed by atoms with Crippen LogP contribution in [-0.2, 0) is 0 Å². The molecule has 0 unspecified atom stereocenters. The minimum Gasteiger partial charge on any atom is -0.388 e. The van der Waals surface area contributed by atoms with Gasteiger partial charge in [0.1, 0.15) is 0 Å². The van der Waals surface area contributed by atoms with E-state index >= 15 is 0 Å². The van der Waals surface area contributed by atoms with Crippen molar-refractivity contribution in [2.75, 3.05) is 24.5 Å². The lowest BCUT2D eigenvalue weighted by Gasteiger charge is -2.39. The molecule has 0 atom stereocenters. The van der Waals surface area contributed by atoms with Gasteiger partial charge in [-0.05, 0) is 44.7 Å². The number of piperidine rings is 1. The van der Waals surface area contributed by atoms with Crippen LogP contribution in [0.1, 0.15) is 29.5 Å². The van der Waals surface area contributed by atoms with Crippen LogP contribution in [0.25, 0.3) is 0 Å². The fourth-order valence-corrected chi connectivity index (χ4v) is 3.02. The molecule has 1 fully saturated rings. The van der Waals surface area contributed by atoms with E-state index < -0.39 is 5.60 Å². The van der Waals surface area contributed by atoms with Gasteiger partial charge in [0.05, 0.1) is 5.60 Å². The van der Waals surface area contributed by atoms with Crippen molar-refractivity contribution >= 4 is 5.69 Å². The summed E-state index contributed by atoms with van der Waals surface area (Å²) >= 11 is 0. The zero-order chi connectivity index (χ0) is 13.3. The largest absolute Gasteiger partial charge is 0.388 e. The molecular weight excluding hydrogens is 224 g/mol. The van der Waals surface area contributed by atoms with Crippen molar-refractivity contribution in [3.8, 4) is 0 Å². The number of hydrogen-bond acceptors (Lipinski definition) is 3. The highest BCUT2D eigenvalue weighted by molar-refractivity contribution is 5.60. The number of rotatable bonds is 2. The van der Waals surface area contributed by atoms with Crippen LogP contribution in [0.2, 0.25) is 0 Å². The molecule has 0 spiro atoms. The molecule has 1 aromatic carbocycles. The van der Waals surface area contributed by atoms with Gasteiger partial charge in [0.15, 0.2) is 0 Å². The second kappa shape index (κ2) is 4.90. The van der Waals surface area contributed by atoms with E-state index in [0.717, 1.165) is 25.9 Å². The number of aryl methyl sites for hydroxylation is 3. The number of anilines is 1. The Labute approximate surface area is 110 Å². The Hall–Kier alpha value is -1.06. The summed E-state index contributed by atoms with van der Waals surface area (Å²) in [5.41, 5.74) is 10.3. The Balaban J connectivity index is 2.20. The third-order valence-electron chi connectivity index (χ3n) is 4.03. The average molecular weight is 248 g/mol. The van der Waals surface area contributed by atoms with Crippen molar-refractivity contribution in [2.45, 2.75) is 39.2 Å². The van der Waals surface area contributed by atoms with Gasteiger partial charge in [0.2, 0.25) is 0 Å². The van der Waals surface area contributed by atoms with Gasteiger partial charge in [-0.3, -0.25) is 0 Å². The maximum Gasteiger partial charge on any atom is 0.0803 e. The topological polar surface area (TPSA) is 49.5 Å². The first kappa shape index (κ1) is 13.4. The summed E-state index contributed by atoms with van der Waals surface area (Å²) in [6, 6.07) is 4.46. The van der Waals surface area contributed by atoms with Crippen molar-refractivity contribution in [1.82, 2.24) is 0 Å². The molecule has 1 heterocycles. The lowest BCUT2D eigenvalue weighted by Crippen LogP contribution is -2.49. The third-order valence-corrected chi connectivity index (χ3v) is 4.03. The fraction of sp³-hybridized carbons (Fsp3) is 0.600. The van der Waals surface area contributed by atoms with Gasteiger partial charge in [-0.15, -0.1) is 0 Å². The fourth-order valence-electron chi connectivity index (χ4n) is 3.02. The second-order valence-corrected chi connectivity index (χ2v) is 5.66. The van der Waals surface area contributed by atoms with E-state index in [1.165, 1.54) is 22.4 Å². The zero-order valence-electron chi connectivity index (χ0n) is 11.7.